The number of carbonyl (C=O) groups is 3. The van der Waals surface area contributed by atoms with E-state index in [0.717, 1.165) is 60.9 Å². The smallest absolute Gasteiger partial charge is 0.270 e. The molecule has 14 heteroatoms. The Bertz CT molecular complexity index is 1770. The fourth-order valence-electron chi connectivity index (χ4n) is 7.08. The zero-order valence-corrected chi connectivity index (χ0v) is 29.6. The lowest BCUT2D eigenvalue weighted by Crippen LogP contribution is -2.50. The van der Waals surface area contributed by atoms with E-state index >= 15 is 0 Å². The van der Waals surface area contributed by atoms with Crippen LogP contribution in [0, 0.1) is 18.8 Å². The molecular formula is C37H47ClN10O3. The first kappa shape index (κ1) is 37.7. The van der Waals surface area contributed by atoms with Crippen LogP contribution in [0.15, 0.2) is 60.7 Å². The molecule has 2 aromatic heterocycles. The molecule has 0 saturated heterocycles. The number of aromatic nitrogens is 5. The number of nitrogens with one attached hydrogen (secondary N) is 2. The van der Waals surface area contributed by atoms with Crippen LogP contribution in [0.4, 0.5) is 5.69 Å². The van der Waals surface area contributed by atoms with Crippen molar-refractivity contribution in [3.05, 3.63) is 77.6 Å². The summed E-state index contributed by atoms with van der Waals surface area (Å²) in [7, 11) is 0. The van der Waals surface area contributed by atoms with Crippen LogP contribution in [0.2, 0.25) is 0 Å². The van der Waals surface area contributed by atoms with E-state index in [4.69, 9.17) is 17.2 Å². The molecule has 1 atom stereocenters. The molecule has 2 saturated carbocycles. The highest BCUT2D eigenvalue weighted by atomic mass is 35.5. The van der Waals surface area contributed by atoms with Crippen molar-refractivity contribution < 1.29 is 14.4 Å². The third kappa shape index (κ3) is 9.03. The van der Waals surface area contributed by atoms with Crippen LogP contribution in [-0.2, 0) is 16.0 Å². The van der Waals surface area contributed by atoms with Crippen LogP contribution >= 0.6 is 12.4 Å². The van der Waals surface area contributed by atoms with Crippen molar-refractivity contribution in [1.29, 1.82) is 0 Å². The number of tetrazole rings is 1. The first-order valence-electron chi connectivity index (χ1n) is 17.5. The molecular weight excluding hydrogens is 668 g/mol. The fraction of sp³-hybridized carbons (Fsp3) is 0.432. The summed E-state index contributed by atoms with van der Waals surface area (Å²) in [6, 6.07) is 17.7. The van der Waals surface area contributed by atoms with Crippen LogP contribution in [-0.4, -0.2) is 68.0 Å². The van der Waals surface area contributed by atoms with Gasteiger partial charge in [0.25, 0.3) is 11.8 Å². The maximum atomic E-state index is 14.0. The lowest BCUT2D eigenvalue weighted by Gasteiger charge is -2.32. The highest BCUT2D eigenvalue weighted by molar-refractivity contribution is 6.17. The molecule has 0 aliphatic heterocycles. The number of pyridine rings is 1. The van der Waals surface area contributed by atoms with Crippen molar-refractivity contribution in [2.45, 2.75) is 82.8 Å². The van der Waals surface area contributed by atoms with Crippen LogP contribution in [0.1, 0.15) is 73.1 Å². The third-order valence-electron chi connectivity index (χ3n) is 10.2. The molecule has 4 aromatic rings. The second kappa shape index (κ2) is 17.1. The maximum absolute atomic E-state index is 14.0. The van der Waals surface area contributed by atoms with Crippen LogP contribution in [0.25, 0.3) is 22.5 Å². The minimum Gasteiger partial charge on any atom is -0.348 e. The second-order valence-corrected chi connectivity index (χ2v) is 13.7. The van der Waals surface area contributed by atoms with E-state index in [9.17, 15) is 14.4 Å². The number of benzene rings is 2. The molecule has 2 aromatic carbocycles. The maximum Gasteiger partial charge on any atom is 0.270 e. The minimum absolute atomic E-state index is 0. The van der Waals surface area contributed by atoms with Gasteiger partial charge in [0.1, 0.15) is 5.69 Å². The van der Waals surface area contributed by atoms with Gasteiger partial charge in [-0.15, -0.1) is 22.6 Å². The van der Waals surface area contributed by atoms with Crippen molar-refractivity contribution in [3.8, 4) is 22.5 Å². The van der Waals surface area contributed by atoms with Gasteiger partial charge in [0.15, 0.2) is 0 Å². The largest absolute Gasteiger partial charge is 0.348 e. The SMILES string of the molecule is Cc1nc(C(=O)N[C@H]2CC[C@H](N)CC2)ccc1-c1ccc(C[C@H](N)C(=O)N(c2ccc(-c3nn[nH]n3)cc2)C(=O)[C@H]2CC[C@H](CN)CC2)cc1.Cl. The molecule has 0 bridgehead atoms. The number of H-pyrrole nitrogens is 1. The Labute approximate surface area is 303 Å². The molecule has 270 valence electrons. The van der Waals surface area contributed by atoms with Gasteiger partial charge in [0, 0.05) is 34.8 Å². The molecule has 13 nitrogen and oxygen atoms in total. The first-order chi connectivity index (χ1) is 24.2. The van der Waals surface area contributed by atoms with Crippen LogP contribution in [0.5, 0.6) is 0 Å². The highest BCUT2D eigenvalue weighted by Gasteiger charge is 2.35. The number of rotatable bonds is 10. The topological polar surface area (TPSA) is 212 Å². The van der Waals surface area contributed by atoms with Gasteiger partial charge in [0.2, 0.25) is 11.7 Å². The number of hydrogen-bond acceptors (Lipinski definition) is 10. The molecule has 0 radical (unpaired) electrons. The number of aromatic amines is 1. The highest BCUT2D eigenvalue weighted by Crippen LogP contribution is 2.32. The summed E-state index contributed by atoms with van der Waals surface area (Å²) in [5.74, 6) is -0.359. The third-order valence-corrected chi connectivity index (χ3v) is 10.2. The van der Waals surface area contributed by atoms with E-state index in [2.05, 4.69) is 30.9 Å². The lowest BCUT2D eigenvalue weighted by atomic mass is 9.81. The van der Waals surface area contributed by atoms with Gasteiger partial charge in [0.05, 0.1) is 11.7 Å². The van der Waals surface area contributed by atoms with Crippen molar-refractivity contribution in [2.75, 3.05) is 11.4 Å². The van der Waals surface area contributed by atoms with E-state index in [0.29, 0.717) is 48.1 Å². The Morgan fingerprint density at radius 2 is 1.57 bits per heavy atom. The van der Waals surface area contributed by atoms with E-state index in [-0.39, 0.29) is 48.6 Å². The van der Waals surface area contributed by atoms with Gasteiger partial charge < -0.3 is 22.5 Å². The normalized spacial score (nSPS) is 20.9. The van der Waals surface area contributed by atoms with E-state index < -0.39 is 11.9 Å². The average molecular weight is 715 g/mol. The fourth-order valence-corrected chi connectivity index (χ4v) is 7.08. The van der Waals surface area contributed by atoms with Crippen LogP contribution in [0.3, 0.4) is 0 Å². The number of nitrogens with two attached hydrogens (primary N) is 3. The van der Waals surface area contributed by atoms with Crippen molar-refractivity contribution >= 4 is 35.8 Å². The number of amides is 3. The molecule has 2 aliphatic rings. The molecule has 2 aliphatic carbocycles. The summed E-state index contributed by atoms with van der Waals surface area (Å²) in [5.41, 5.74) is 23.4. The Balaban J connectivity index is 0.00000504. The summed E-state index contributed by atoms with van der Waals surface area (Å²) in [5, 5.41) is 17.2. The molecule has 2 fully saturated rings. The van der Waals surface area contributed by atoms with E-state index in [1.54, 1.807) is 30.3 Å². The quantitative estimate of drug-likeness (QED) is 0.160. The second-order valence-electron chi connectivity index (χ2n) is 13.7. The van der Waals surface area contributed by atoms with Gasteiger partial charge in [-0.1, -0.05) is 30.3 Å². The standard InChI is InChI=1S/C37H46N10O3.ClH/c1-22-31(18-19-33(41-22)35(48)42-29-14-12-28(39)13-15-29)25-6-2-23(3-7-25)20-32(40)37(50)47(36(49)27-8-4-24(21-38)5-9-27)30-16-10-26(11-17-30)34-43-45-46-44-34;/h2-3,6-7,10-11,16-19,24,27-29,32H,4-5,8-9,12-15,20-21,38-40H2,1H3,(H,42,48)(H,43,44,45,46);1H/t24-,27-,28-,29-,32-;/m0./s1. The summed E-state index contributed by atoms with van der Waals surface area (Å²) in [6.45, 7) is 2.48. The minimum atomic E-state index is -0.955. The molecule has 6 rings (SSSR count). The molecule has 0 spiro atoms. The number of hydrogen-bond donors (Lipinski definition) is 5. The van der Waals surface area contributed by atoms with Gasteiger partial charge in [-0.3, -0.25) is 14.4 Å². The number of nitrogens with zero attached hydrogens (tertiary/aromatic N) is 5. The predicted octanol–water partition coefficient (Wildman–Crippen LogP) is 3.85. The molecule has 8 N–H and O–H groups in total. The zero-order chi connectivity index (χ0) is 35.2. The Kier molecular flexibility index (Phi) is 12.6. The lowest BCUT2D eigenvalue weighted by molar-refractivity contribution is -0.130. The van der Waals surface area contributed by atoms with Crippen LogP contribution < -0.4 is 27.4 Å². The summed E-state index contributed by atoms with van der Waals surface area (Å²) < 4.78 is 0. The number of anilines is 1. The van der Waals surface area contributed by atoms with Gasteiger partial charge in [-0.05, 0) is 124 Å². The number of imide groups is 1. The Hall–Kier alpha value is -4.56. The number of carbonyl (C=O) groups excluding carboxylic acids is 3. The molecule has 51 heavy (non-hydrogen) atoms. The van der Waals surface area contributed by atoms with Crippen molar-refractivity contribution in [2.24, 2.45) is 29.0 Å². The van der Waals surface area contributed by atoms with Gasteiger partial charge >= 0.3 is 0 Å². The Morgan fingerprint density at radius 3 is 2.18 bits per heavy atom. The summed E-state index contributed by atoms with van der Waals surface area (Å²) in [6.07, 6.45) is 6.89. The molecule has 2 heterocycles. The van der Waals surface area contributed by atoms with Gasteiger partial charge in [-0.25, -0.2) is 9.88 Å². The molecule has 3 amide bonds. The monoisotopic (exact) mass is 714 g/mol. The average Bonchev–Trinajstić information content (AvgIpc) is 3.69. The van der Waals surface area contributed by atoms with Crippen molar-refractivity contribution in [3.63, 3.8) is 0 Å². The first-order valence-corrected chi connectivity index (χ1v) is 17.5. The Morgan fingerprint density at radius 1 is 0.902 bits per heavy atom. The van der Waals surface area contributed by atoms with Gasteiger partial charge in [-0.2, -0.15) is 5.21 Å². The van der Waals surface area contributed by atoms with E-state index in [1.165, 1.54) is 4.90 Å². The summed E-state index contributed by atoms with van der Waals surface area (Å²) in [4.78, 5) is 46.7. The predicted molar refractivity (Wildman–Crippen MR) is 198 cm³/mol. The summed E-state index contributed by atoms with van der Waals surface area (Å²) >= 11 is 0. The number of aryl methyl sites for hydroxylation is 1. The van der Waals surface area contributed by atoms with Crippen molar-refractivity contribution in [1.82, 2.24) is 30.9 Å². The molecule has 0 unspecified atom stereocenters. The number of halogens is 1. The van der Waals surface area contributed by atoms with E-state index in [1.807, 2.05) is 37.3 Å². The zero-order valence-electron chi connectivity index (χ0n) is 28.8.